The van der Waals surface area contributed by atoms with E-state index in [0.29, 0.717) is 33.2 Å². The van der Waals surface area contributed by atoms with Crippen molar-refractivity contribution >= 4 is 47.3 Å². The normalized spacial score (nSPS) is 14.2. The second-order valence-corrected chi connectivity index (χ2v) is 10.5. The van der Waals surface area contributed by atoms with Crippen LogP contribution < -0.4 is 30.3 Å². The van der Waals surface area contributed by atoms with Gasteiger partial charge in [-0.15, -0.1) is 0 Å². The summed E-state index contributed by atoms with van der Waals surface area (Å²) in [6.07, 6.45) is 1.34. The number of esters is 1. The molecule has 0 aliphatic carbocycles. The van der Waals surface area contributed by atoms with Gasteiger partial charge in [-0.2, -0.15) is 10.4 Å². The van der Waals surface area contributed by atoms with E-state index in [4.69, 9.17) is 47.4 Å². The highest BCUT2D eigenvalue weighted by molar-refractivity contribution is 6.36. The predicted octanol–water partition coefficient (Wildman–Crippen LogP) is 5.17. The van der Waals surface area contributed by atoms with E-state index < -0.39 is 30.6 Å². The summed E-state index contributed by atoms with van der Waals surface area (Å²) in [4.78, 5) is 37.3. The number of nitriles is 1. The van der Waals surface area contributed by atoms with Gasteiger partial charge >= 0.3 is 12.0 Å². The summed E-state index contributed by atoms with van der Waals surface area (Å²) < 4.78 is 22.2. The first kappa shape index (κ1) is 33.6. The molecule has 0 radical (unpaired) electrons. The van der Waals surface area contributed by atoms with Crippen LogP contribution in [0.4, 0.5) is 4.79 Å². The van der Waals surface area contributed by atoms with Crippen LogP contribution >= 0.6 is 23.2 Å². The van der Waals surface area contributed by atoms with E-state index in [9.17, 15) is 14.4 Å². The molecule has 0 spiro atoms. The average Bonchev–Trinajstić information content (AvgIpc) is 3.03. The number of benzene rings is 3. The lowest BCUT2D eigenvalue weighted by atomic mass is 9.95. The third kappa shape index (κ3) is 8.47. The molecule has 46 heavy (non-hydrogen) atoms. The van der Waals surface area contributed by atoms with Crippen molar-refractivity contribution in [3.63, 3.8) is 0 Å². The Morgan fingerprint density at radius 3 is 2.54 bits per heavy atom. The third-order valence-corrected chi connectivity index (χ3v) is 7.04. The molecule has 1 aliphatic heterocycles. The molecule has 3 amide bonds. The van der Waals surface area contributed by atoms with Crippen LogP contribution in [0.15, 0.2) is 71.0 Å². The Bertz CT molecular complexity index is 1740. The molecule has 0 aromatic heterocycles. The lowest BCUT2D eigenvalue weighted by Crippen LogP contribution is -2.45. The van der Waals surface area contributed by atoms with Crippen molar-refractivity contribution in [1.29, 1.82) is 5.26 Å². The van der Waals surface area contributed by atoms with Gasteiger partial charge in [0, 0.05) is 16.3 Å². The molecule has 4 rings (SSSR count). The van der Waals surface area contributed by atoms with Crippen molar-refractivity contribution in [2.75, 3.05) is 20.3 Å². The number of halogens is 2. The standard InChI is InChI=1S/C32H29Cl2N5O7/c1-4-44-31(41)28-18(2)37-32(42)38-29(28)21-9-10-25(26(12-21)43-3)45-17-27(40)39-36-15-22-11-23(33)13-24(34)30(22)46-16-20-7-5-19(14-35)6-8-20/h5-13,15,29H,4,16-17H2,1-3H3,(H,39,40)(H2,37,38,42)/b36-15+/t29-/m0/s1. The highest BCUT2D eigenvalue weighted by Gasteiger charge is 2.32. The SMILES string of the molecule is CCOC(=O)C1=C(C)NC(=O)N[C@H]1c1ccc(OCC(=O)N/N=C/c2cc(Cl)cc(Cl)c2OCc2ccc(C#N)cc2)c(OC)c1. The Hall–Kier alpha value is -5.25. The lowest BCUT2D eigenvalue weighted by Gasteiger charge is -2.28. The van der Waals surface area contributed by atoms with E-state index >= 15 is 0 Å². The zero-order valence-corrected chi connectivity index (χ0v) is 26.5. The quantitative estimate of drug-likeness (QED) is 0.136. The number of carbonyl (C=O) groups is 3. The molecule has 238 valence electrons. The van der Waals surface area contributed by atoms with Gasteiger partial charge in [-0.3, -0.25) is 4.79 Å². The van der Waals surface area contributed by atoms with Crippen molar-refractivity contribution in [2.24, 2.45) is 5.10 Å². The molecule has 12 nitrogen and oxygen atoms in total. The number of hydrogen-bond acceptors (Lipinski definition) is 9. The molecule has 3 N–H and O–H groups in total. The Kier molecular flexibility index (Phi) is 11.4. The summed E-state index contributed by atoms with van der Waals surface area (Å²) in [5.74, 6) is -0.344. The van der Waals surface area contributed by atoms with Gasteiger partial charge in [0.2, 0.25) is 0 Å². The number of hydrogen-bond donors (Lipinski definition) is 3. The molecule has 14 heteroatoms. The lowest BCUT2D eigenvalue weighted by molar-refractivity contribution is -0.139. The summed E-state index contributed by atoms with van der Waals surface area (Å²) in [5.41, 5.74) is 5.29. The molecule has 0 saturated carbocycles. The zero-order valence-electron chi connectivity index (χ0n) is 25.0. The molecule has 0 bridgehead atoms. The first-order valence-corrected chi connectivity index (χ1v) is 14.6. The number of hydrazone groups is 1. The first-order chi connectivity index (χ1) is 22.1. The smallest absolute Gasteiger partial charge is 0.338 e. The van der Waals surface area contributed by atoms with Crippen LogP contribution in [0.5, 0.6) is 17.2 Å². The Balaban J connectivity index is 1.41. The Morgan fingerprint density at radius 1 is 1.09 bits per heavy atom. The van der Waals surface area contributed by atoms with Crippen molar-refractivity contribution < 1.29 is 33.3 Å². The molecule has 1 atom stereocenters. The van der Waals surface area contributed by atoms with Gasteiger partial charge in [0.05, 0.1) is 48.2 Å². The number of nitrogens with zero attached hydrogens (tertiary/aromatic N) is 2. The number of carbonyl (C=O) groups excluding carboxylic acids is 3. The van der Waals surface area contributed by atoms with Crippen LogP contribution in [-0.2, 0) is 20.9 Å². The predicted molar refractivity (Wildman–Crippen MR) is 170 cm³/mol. The maximum atomic E-state index is 12.6. The van der Waals surface area contributed by atoms with E-state index in [-0.39, 0.29) is 35.3 Å². The van der Waals surface area contributed by atoms with Gasteiger partial charge < -0.3 is 29.6 Å². The van der Waals surface area contributed by atoms with Crippen LogP contribution in [-0.4, -0.2) is 44.4 Å². The fourth-order valence-corrected chi connectivity index (χ4v) is 4.98. The van der Waals surface area contributed by atoms with Crippen LogP contribution in [0, 0.1) is 11.3 Å². The largest absolute Gasteiger partial charge is 0.493 e. The second kappa shape index (κ2) is 15.7. The molecule has 1 heterocycles. The van der Waals surface area contributed by atoms with E-state index in [2.05, 4.69) is 27.2 Å². The third-order valence-electron chi connectivity index (χ3n) is 6.54. The van der Waals surface area contributed by atoms with Crippen molar-refractivity contribution in [2.45, 2.75) is 26.5 Å². The summed E-state index contributed by atoms with van der Waals surface area (Å²) in [6, 6.07) is 15.6. The number of urea groups is 1. The Morgan fingerprint density at radius 2 is 1.85 bits per heavy atom. The maximum absolute atomic E-state index is 12.6. The van der Waals surface area contributed by atoms with Crippen molar-refractivity contribution in [3.05, 3.63) is 98.2 Å². The zero-order chi connectivity index (χ0) is 33.2. The molecule has 0 unspecified atom stereocenters. The Labute approximate surface area is 274 Å². The van der Waals surface area contributed by atoms with E-state index in [1.807, 2.05) is 0 Å². The minimum atomic E-state index is -0.800. The number of ether oxygens (including phenoxy) is 4. The molecule has 3 aromatic rings. The fourth-order valence-electron chi connectivity index (χ4n) is 4.42. The number of nitrogens with one attached hydrogen (secondary N) is 3. The summed E-state index contributed by atoms with van der Waals surface area (Å²) in [6.45, 7) is 3.22. The van der Waals surface area contributed by atoms with E-state index in [0.717, 1.165) is 5.56 Å². The van der Waals surface area contributed by atoms with Gasteiger partial charge in [-0.05, 0) is 61.4 Å². The highest BCUT2D eigenvalue weighted by atomic mass is 35.5. The molecule has 1 aliphatic rings. The van der Waals surface area contributed by atoms with Gasteiger partial charge in [-0.1, -0.05) is 41.4 Å². The monoisotopic (exact) mass is 665 g/mol. The van der Waals surface area contributed by atoms with Crippen LogP contribution in [0.1, 0.15) is 42.1 Å². The number of rotatable bonds is 12. The maximum Gasteiger partial charge on any atom is 0.338 e. The van der Waals surface area contributed by atoms with Crippen LogP contribution in [0.3, 0.4) is 0 Å². The van der Waals surface area contributed by atoms with Gasteiger partial charge in [-0.25, -0.2) is 15.0 Å². The summed E-state index contributed by atoms with van der Waals surface area (Å²) >= 11 is 12.5. The van der Waals surface area contributed by atoms with Crippen molar-refractivity contribution in [1.82, 2.24) is 16.1 Å². The average molecular weight is 667 g/mol. The van der Waals surface area contributed by atoms with Gasteiger partial charge in [0.15, 0.2) is 18.1 Å². The number of amides is 3. The molecular formula is C32H29Cl2N5O7. The molecule has 0 saturated heterocycles. The van der Waals surface area contributed by atoms with Gasteiger partial charge in [0.1, 0.15) is 12.4 Å². The highest BCUT2D eigenvalue weighted by Crippen LogP contribution is 2.35. The van der Waals surface area contributed by atoms with E-state index in [1.54, 1.807) is 62.4 Å². The van der Waals surface area contributed by atoms with Crippen molar-refractivity contribution in [3.8, 4) is 23.3 Å². The summed E-state index contributed by atoms with van der Waals surface area (Å²) in [7, 11) is 1.42. The fraction of sp³-hybridized carbons (Fsp3) is 0.219. The van der Waals surface area contributed by atoms with Crippen LogP contribution in [0.25, 0.3) is 0 Å². The van der Waals surface area contributed by atoms with Crippen LogP contribution in [0.2, 0.25) is 10.0 Å². The number of allylic oxidation sites excluding steroid dienone is 1. The minimum absolute atomic E-state index is 0.165. The molecule has 0 fully saturated rings. The second-order valence-electron chi connectivity index (χ2n) is 9.69. The van der Waals surface area contributed by atoms with Gasteiger partial charge in [0.25, 0.3) is 5.91 Å². The minimum Gasteiger partial charge on any atom is -0.493 e. The van der Waals surface area contributed by atoms with E-state index in [1.165, 1.54) is 19.4 Å². The molecular weight excluding hydrogens is 637 g/mol. The summed E-state index contributed by atoms with van der Waals surface area (Å²) in [5, 5.41) is 18.9. The topological polar surface area (TPSA) is 160 Å². The molecule has 3 aromatic carbocycles. The number of methoxy groups -OCH3 is 1. The first-order valence-electron chi connectivity index (χ1n) is 13.8.